The highest BCUT2D eigenvalue weighted by molar-refractivity contribution is 5.88. The third-order valence-electron chi connectivity index (χ3n) is 2.02. The van der Waals surface area contributed by atoms with E-state index in [1.54, 1.807) is 0 Å². The molecule has 16 heavy (non-hydrogen) atoms. The summed E-state index contributed by atoms with van der Waals surface area (Å²) in [7, 11) is 0. The van der Waals surface area contributed by atoms with Crippen molar-refractivity contribution in [3.63, 3.8) is 0 Å². The highest BCUT2D eigenvalue weighted by Gasteiger charge is 1.93. The smallest absolute Gasteiger partial charge is 0.384 e. The Morgan fingerprint density at radius 3 is 2.75 bits per heavy atom. The number of carbonyl (C=O) groups excluding carboxylic acids is 1. The number of ether oxygens (including phenoxy) is 1. The highest BCUT2D eigenvalue weighted by atomic mass is 16.5. The van der Waals surface area contributed by atoms with Gasteiger partial charge in [-0.2, -0.15) is 0 Å². The standard InChI is InChI=1S/C14H22O2/c1-3-5-7-9-10-12-14(15)16-13-11-8-6-4-2/h6,8H,3-5,7,9,11,13H2,1-2H3/b8-6-. The van der Waals surface area contributed by atoms with E-state index in [0.717, 1.165) is 25.7 Å². The van der Waals surface area contributed by atoms with Crippen molar-refractivity contribution in [3.05, 3.63) is 12.2 Å². The van der Waals surface area contributed by atoms with Gasteiger partial charge in [-0.25, -0.2) is 4.79 Å². The summed E-state index contributed by atoms with van der Waals surface area (Å²) in [5, 5.41) is 0. The minimum atomic E-state index is -0.401. The maximum atomic E-state index is 11.1. The van der Waals surface area contributed by atoms with E-state index in [0.29, 0.717) is 6.61 Å². The normalized spacial score (nSPS) is 9.88. The van der Waals surface area contributed by atoms with Crippen LogP contribution in [0.5, 0.6) is 0 Å². The second-order valence-electron chi connectivity index (χ2n) is 3.56. The van der Waals surface area contributed by atoms with Crippen molar-refractivity contribution >= 4 is 5.97 Å². The van der Waals surface area contributed by atoms with Crippen LogP contribution < -0.4 is 0 Å². The van der Waals surface area contributed by atoms with Gasteiger partial charge in [-0.1, -0.05) is 44.8 Å². The molecule has 0 N–H and O–H groups in total. The van der Waals surface area contributed by atoms with E-state index >= 15 is 0 Å². The van der Waals surface area contributed by atoms with E-state index in [1.165, 1.54) is 12.8 Å². The molecule has 0 unspecified atom stereocenters. The van der Waals surface area contributed by atoms with Crippen molar-refractivity contribution in [1.82, 2.24) is 0 Å². The van der Waals surface area contributed by atoms with Crippen molar-refractivity contribution < 1.29 is 9.53 Å². The average molecular weight is 222 g/mol. The first-order valence-electron chi connectivity index (χ1n) is 6.11. The molecule has 0 heterocycles. The third kappa shape index (κ3) is 10.8. The highest BCUT2D eigenvalue weighted by Crippen LogP contribution is 1.96. The lowest BCUT2D eigenvalue weighted by atomic mass is 10.2. The molecule has 0 saturated heterocycles. The average Bonchev–Trinajstić information content (AvgIpc) is 2.28. The van der Waals surface area contributed by atoms with Crippen LogP contribution in [0.2, 0.25) is 0 Å². The summed E-state index contributed by atoms with van der Waals surface area (Å²) < 4.78 is 4.93. The predicted molar refractivity (Wildman–Crippen MR) is 66.9 cm³/mol. The summed E-state index contributed by atoms with van der Waals surface area (Å²) in [6, 6.07) is 0. The maximum absolute atomic E-state index is 11.1. The van der Waals surface area contributed by atoms with Gasteiger partial charge >= 0.3 is 5.97 Å². The maximum Gasteiger partial charge on any atom is 0.384 e. The molecule has 0 amide bonds. The number of hydrogen-bond acceptors (Lipinski definition) is 2. The molecule has 0 spiro atoms. The Morgan fingerprint density at radius 1 is 1.25 bits per heavy atom. The van der Waals surface area contributed by atoms with E-state index in [-0.39, 0.29) is 0 Å². The predicted octanol–water partition coefficient (Wildman–Crippen LogP) is 3.47. The lowest BCUT2D eigenvalue weighted by molar-refractivity contribution is -0.136. The lowest BCUT2D eigenvalue weighted by Gasteiger charge is -1.95. The molecule has 2 heteroatoms. The van der Waals surface area contributed by atoms with Gasteiger partial charge in [0.15, 0.2) is 0 Å². The Balaban J connectivity index is 3.46. The zero-order valence-corrected chi connectivity index (χ0v) is 10.4. The van der Waals surface area contributed by atoms with Crippen LogP contribution in [-0.2, 0) is 9.53 Å². The van der Waals surface area contributed by atoms with E-state index in [4.69, 9.17) is 4.74 Å². The lowest BCUT2D eigenvalue weighted by Crippen LogP contribution is -2.01. The minimum Gasteiger partial charge on any atom is -0.456 e. The molecule has 0 aliphatic rings. The summed E-state index contributed by atoms with van der Waals surface area (Å²) >= 11 is 0. The largest absolute Gasteiger partial charge is 0.456 e. The van der Waals surface area contributed by atoms with E-state index < -0.39 is 5.97 Å². The van der Waals surface area contributed by atoms with Gasteiger partial charge in [-0.15, -0.1) is 0 Å². The van der Waals surface area contributed by atoms with E-state index in [2.05, 4.69) is 31.8 Å². The summed E-state index contributed by atoms with van der Waals surface area (Å²) in [6.07, 6.45) is 10.1. The monoisotopic (exact) mass is 222 g/mol. The summed E-state index contributed by atoms with van der Waals surface area (Å²) in [5.41, 5.74) is 0. The fraction of sp³-hybridized carbons (Fsp3) is 0.643. The van der Waals surface area contributed by atoms with Crippen LogP contribution in [0.4, 0.5) is 0 Å². The van der Waals surface area contributed by atoms with Gasteiger partial charge < -0.3 is 4.74 Å². The Kier molecular flexibility index (Phi) is 10.9. The molecule has 0 fully saturated rings. The van der Waals surface area contributed by atoms with Gasteiger partial charge in [0.1, 0.15) is 0 Å². The molecule has 0 aromatic rings. The molecule has 0 rings (SSSR count). The molecule has 0 atom stereocenters. The van der Waals surface area contributed by atoms with Crippen LogP contribution in [0.25, 0.3) is 0 Å². The minimum absolute atomic E-state index is 0.401. The summed E-state index contributed by atoms with van der Waals surface area (Å²) in [6.45, 7) is 4.65. The zero-order chi connectivity index (χ0) is 12.1. The number of allylic oxidation sites excluding steroid dienone is 1. The van der Waals surface area contributed by atoms with Crippen molar-refractivity contribution in [3.8, 4) is 11.8 Å². The molecule has 0 aromatic heterocycles. The molecule has 90 valence electrons. The van der Waals surface area contributed by atoms with Gasteiger partial charge in [0.05, 0.1) is 6.61 Å². The van der Waals surface area contributed by atoms with Gasteiger partial charge in [0.25, 0.3) is 0 Å². The Morgan fingerprint density at radius 2 is 2.06 bits per heavy atom. The van der Waals surface area contributed by atoms with Crippen LogP contribution >= 0.6 is 0 Å². The van der Waals surface area contributed by atoms with Crippen LogP contribution in [-0.4, -0.2) is 12.6 Å². The van der Waals surface area contributed by atoms with Gasteiger partial charge in [0.2, 0.25) is 0 Å². The first-order chi connectivity index (χ1) is 7.81. The second kappa shape index (κ2) is 11.8. The van der Waals surface area contributed by atoms with Crippen LogP contribution in [0.3, 0.4) is 0 Å². The fourth-order valence-corrected chi connectivity index (χ4v) is 1.14. The van der Waals surface area contributed by atoms with Gasteiger partial charge in [-0.05, 0) is 19.3 Å². The molecular formula is C14H22O2. The van der Waals surface area contributed by atoms with Crippen molar-refractivity contribution in [2.45, 2.75) is 52.4 Å². The first kappa shape index (κ1) is 14.8. The summed E-state index contributed by atoms with van der Waals surface area (Å²) in [5.74, 6) is 4.93. The van der Waals surface area contributed by atoms with E-state index in [9.17, 15) is 4.79 Å². The fourth-order valence-electron chi connectivity index (χ4n) is 1.14. The first-order valence-corrected chi connectivity index (χ1v) is 6.11. The van der Waals surface area contributed by atoms with Gasteiger partial charge in [0, 0.05) is 12.3 Å². The molecule has 0 saturated carbocycles. The Bertz CT molecular complexity index is 256. The zero-order valence-electron chi connectivity index (χ0n) is 10.4. The van der Waals surface area contributed by atoms with Gasteiger partial charge in [-0.3, -0.25) is 0 Å². The number of hydrogen-bond donors (Lipinski definition) is 0. The molecule has 0 radical (unpaired) electrons. The topological polar surface area (TPSA) is 26.3 Å². The molecule has 0 aromatic carbocycles. The second-order valence-corrected chi connectivity index (χ2v) is 3.56. The van der Waals surface area contributed by atoms with Crippen molar-refractivity contribution in [2.75, 3.05) is 6.61 Å². The number of carbonyl (C=O) groups is 1. The van der Waals surface area contributed by atoms with Crippen LogP contribution in [0.15, 0.2) is 12.2 Å². The van der Waals surface area contributed by atoms with Crippen molar-refractivity contribution in [1.29, 1.82) is 0 Å². The van der Waals surface area contributed by atoms with Crippen molar-refractivity contribution in [2.24, 2.45) is 0 Å². The van der Waals surface area contributed by atoms with Crippen LogP contribution in [0.1, 0.15) is 52.4 Å². The number of esters is 1. The molecule has 0 aliphatic carbocycles. The summed E-state index contributed by atoms with van der Waals surface area (Å²) in [4.78, 5) is 11.1. The quantitative estimate of drug-likeness (QED) is 0.217. The SMILES string of the molecule is CC/C=C\CCOC(=O)C#CCCCCC. The molecular weight excluding hydrogens is 200 g/mol. The Labute approximate surface area is 99.1 Å². The Hall–Kier alpha value is -1.23. The molecule has 0 aliphatic heterocycles. The third-order valence-corrected chi connectivity index (χ3v) is 2.02. The molecule has 2 nitrogen and oxygen atoms in total. The molecule has 0 bridgehead atoms. The van der Waals surface area contributed by atoms with Crippen LogP contribution in [0, 0.1) is 11.8 Å². The number of unbranched alkanes of at least 4 members (excludes halogenated alkanes) is 3. The van der Waals surface area contributed by atoms with E-state index in [1.807, 2.05) is 6.08 Å². The number of rotatable bonds is 7.